The molecule has 0 amide bonds. The Morgan fingerprint density at radius 1 is 0.947 bits per heavy atom. The lowest BCUT2D eigenvalue weighted by atomic mass is 9.78. The van der Waals surface area contributed by atoms with E-state index in [9.17, 15) is 0 Å². The van der Waals surface area contributed by atoms with Crippen molar-refractivity contribution >= 4 is 8.72 Å². The van der Waals surface area contributed by atoms with Gasteiger partial charge in [0, 0.05) is 19.3 Å². The zero-order valence-electron chi connectivity index (χ0n) is 14.0. The van der Waals surface area contributed by atoms with E-state index in [4.69, 9.17) is 8.85 Å². The molecule has 0 aromatic carbocycles. The van der Waals surface area contributed by atoms with Gasteiger partial charge in [0.2, 0.25) is 0 Å². The van der Waals surface area contributed by atoms with E-state index in [1.54, 1.807) is 0 Å². The van der Waals surface area contributed by atoms with E-state index >= 15 is 0 Å². The summed E-state index contributed by atoms with van der Waals surface area (Å²) >= 11 is 0. The molecule has 1 saturated heterocycles. The van der Waals surface area contributed by atoms with Crippen LogP contribution >= 0.6 is 0 Å². The Labute approximate surface area is 121 Å². The second-order valence-electron chi connectivity index (χ2n) is 6.90. The Hall–Kier alpha value is 0.0969. The highest BCUT2D eigenvalue weighted by molar-refractivity contribution is 6.68. The summed E-state index contributed by atoms with van der Waals surface area (Å²) < 4.78 is 14.8. The largest absolute Gasteiger partial charge is 0.433 e. The summed E-state index contributed by atoms with van der Waals surface area (Å²) in [5, 5.41) is 0.0373. The van der Waals surface area contributed by atoms with Crippen LogP contribution in [-0.4, -0.2) is 40.6 Å². The molecule has 19 heavy (non-hydrogen) atoms. The maximum atomic E-state index is 6.12. The highest BCUT2D eigenvalue weighted by Crippen LogP contribution is 2.55. The molecule has 4 heteroatoms. The van der Waals surface area contributed by atoms with E-state index in [1.165, 1.54) is 19.3 Å². The molecule has 0 aromatic rings. The van der Waals surface area contributed by atoms with E-state index in [0.717, 1.165) is 19.5 Å². The van der Waals surface area contributed by atoms with Crippen molar-refractivity contribution in [2.24, 2.45) is 5.41 Å². The minimum absolute atomic E-state index is 0.0373. The average Bonchev–Trinajstić information content (AvgIpc) is 2.41. The Morgan fingerprint density at radius 3 is 1.79 bits per heavy atom. The molecule has 0 unspecified atom stereocenters. The first-order valence-corrected chi connectivity index (χ1v) is 9.41. The van der Waals surface area contributed by atoms with Crippen LogP contribution in [0.2, 0.25) is 5.04 Å². The SMILES string of the molecule is CCC(C)(C)C(C)(C)[Si](OC)(OC)N1CCCCC1. The normalized spacial score (nSPS) is 19.7. The zero-order valence-corrected chi connectivity index (χ0v) is 15.0. The van der Waals surface area contributed by atoms with Crippen LogP contribution in [-0.2, 0) is 8.85 Å². The third-order valence-electron chi connectivity index (χ3n) is 5.69. The van der Waals surface area contributed by atoms with Crippen molar-refractivity contribution in [3.8, 4) is 0 Å². The van der Waals surface area contributed by atoms with Crippen LogP contribution in [0.4, 0.5) is 0 Å². The molecule has 1 aliphatic rings. The number of rotatable bonds is 6. The van der Waals surface area contributed by atoms with Crippen LogP contribution in [0.1, 0.15) is 60.3 Å². The summed E-state index contributed by atoms with van der Waals surface area (Å²) in [7, 11) is 1.30. The van der Waals surface area contributed by atoms with E-state index in [2.05, 4.69) is 39.2 Å². The van der Waals surface area contributed by atoms with Gasteiger partial charge in [-0.1, -0.05) is 47.5 Å². The van der Waals surface area contributed by atoms with Crippen molar-refractivity contribution in [1.82, 2.24) is 4.57 Å². The quantitative estimate of drug-likeness (QED) is 0.691. The van der Waals surface area contributed by atoms with Crippen LogP contribution in [0, 0.1) is 5.41 Å². The monoisotopic (exact) mass is 287 g/mol. The van der Waals surface area contributed by atoms with Crippen LogP contribution in [0.5, 0.6) is 0 Å². The molecule has 0 saturated carbocycles. The molecule has 0 atom stereocenters. The number of hydrogen-bond donors (Lipinski definition) is 0. The van der Waals surface area contributed by atoms with Gasteiger partial charge in [-0.25, -0.2) is 0 Å². The molecule has 0 aromatic heterocycles. The molecule has 0 N–H and O–H groups in total. The molecular formula is C15H33NO2Si. The van der Waals surface area contributed by atoms with Crippen LogP contribution < -0.4 is 0 Å². The van der Waals surface area contributed by atoms with Gasteiger partial charge in [0.15, 0.2) is 0 Å². The van der Waals surface area contributed by atoms with Crippen LogP contribution in [0.15, 0.2) is 0 Å². The van der Waals surface area contributed by atoms with Crippen molar-refractivity contribution in [2.75, 3.05) is 27.3 Å². The summed E-state index contributed by atoms with van der Waals surface area (Å²) in [5.74, 6) is 0. The molecule has 3 nitrogen and oxygen atoms in total. The lowest BCUT2D eigenvalue weighted by Crippen LogP contribution is -2.67. The third kappa shape index (κ3) is 2.78. The van der Waals surface area contributed by atoms with Crippen molar-refractivity contribution < 1.29 is 8.85 Å². The molecule has 1 heterocycles. The van der Waals surface area contributed by atoms with Gasteiger partial charge in [-0.15, -0.1) is 0 Å². The van der Waals surface area contributed by atoms with Crippen molar-refractivity contribution in [2.45, 2.75) is 65.3 Å². The van der Waals surface area contributed by atoms with Crippen LogP contribution in [0.25, 0.3) is 0 Å². The fourth-order valence-electron chi connectivity index (χ4n) is 3.30. The van der Waals surface area contributed by atoms with Gasteiger partial charge in [-0.05, 0) is 31.3 Å². The zero-order chi connectivity index (χ0) is 14.7. The van der Waals surface area contributed by atoms with Gasteiger partial charge >= 0.3 is 8.72 Å². The number of piperidine rings is 1. The number of nitrogens with zero attached hydrogens (tertiary/aromatic N) is 1. The highest BCUT2D eigenvalue weighted by Gasteiger charge is 2.61. The maximum absolute atomic E-state index is 6.12. The second-order valence-corrected chi connectivity index (χ2v) is 10.8. The summed E-state index contributed by atoms with van der Waals surface area (Å²) in [4.78, 5) is 0. The maximum Gasteiger partial charge on any atom is 0.433 e. The van der Waals surface area contributed by atoms with Gasteiger partial charge in [0.1, 0.15) is 0 Å². The second kappa shape index (κ2) is 6.25. The molecule has 1 rings (SSSR count). The first kappa shape index (κ1) is 17.1. The van der Waals surface area contributed by atoms with Gasteiger partial charge in [0.25, 0.3) is 0 Å². The summed E-state index contributed by atoms with van der Waals surface area (Å²) in [6.45, 7) is 13.9. The molecule has 0 aliphatic carbocycles. The topological polar surface area (TPSA) is 21.7 Å². The van der Waals surface area contributed by atoms with Crippen molar-refractivity contribution in [3.63, 3.8) is 0 Å². The standard InChI is InChI=1S/C15H33NO2Si/c1-8-14(2,3)15(4,5)19(17-6,18-7)16-12-10-9-11-13-16/h8-13H2,1-7H3. The third-order valence-corrected chi connectivity index (χ3v) is 10.3. The minimum Gasteiger partial charge on any atom is -0.386 e. The predicted molar refractivity (Wildman–Crippen MR) is 83.3 cm³/mol. The van der Waals surface area contributed by atoms with Gasteiger partial charge < -0.3 is 8.85 Å². The van der Waals surface area contributed by atoms with Crippen molar-refractivity contribution in [3.05, 3.63) is 0 Å². The predicted octanol–water partition coefficient (Wildman–Crippen LogP) is 3.92. The Kier molecular flexibility index (Phi) is 5.64. The minimum atomic E-state index is -2.39. The lowest BCUT2D eigenvalue weighted by molar-refractivity contribution is 0.0814. The summed E-state index contributed by atoms with van der Waals surface area (Å²) in [6, 6.07) is 0. The van der Waals surface area contributed by atoms with Gasteiger partial charge in [-0.2, -0.15) is 0 Å². The molecule has 0 radical (unpaired) electrons. The Balaban J connectivity index is 3.16. The fourth-order valence-corrected chi connectivity index (χ4v) is 7.74. The molecule has 0 spiro atoms. The van der Waals surface area contributed by atoms with Crippen molar-refractivity contribution in [1.29, 1.82) is 0 Å². The smallest absolute Gasteiger partial charge is 0.386 e. The highest BCUT2D eigenvalue weighted by atomic mass is 28.4. The fraction of sp³-hybridized carbons (Fsp3) is 1.00. The first-order valence-electron chi connectivity index (χ1n) is 7.64. The van der Waals surface area contributed by atoms with E-state index < -0.39 is 8.72 Å². The summed E-state index contributed by atoms with van der Waals surface area (Å²) in [5.41, 5.74) is 0.197. The Bertz CT molecular complexity index is 282. The summed E-state index contributed by atoms with van der Waals surface area (Å²) in [6.07, 6.45) is 5.01. The van der Waals surface area contributed by atoms with E-state index in [1.807, 2.05) is 14.2 Å². The lowest BCUT2D eigenvalue weighted by Gasteiger charge is -2.54. The molecule has 114 valence electrons. The van der Waals surface area contributed by atoms with E-state index in [0.29, 0.717) is 0 Å². The number of hydrogen-bond acceptors (Lipinski definition) is 3. The average molecular weight is 288 g/mol. The van der Waals surface area contributed by atoms with Gasteiger partial charge in [0.05, 0.1) is 0 Å². The first-order chi connectivity index (χ1) is 8.79. The van der Waals surface area contributed by atoms with Crippen LogP contribution in [0.3, 0.4) is 0 Å². The van der Waals surface area contributed by atoms with Gasteiger partial charge in [-0.3, -0.25) is 4.57 Å². The molecular weight excluding hydrogens is 254 g/mol. The molecule has 1 fully saturated rings. The molecule has 0 bridgehead atoms. The van der Waals surface area contributed by atoms with E-state index in [-0.39, 0.29) is 10.5 Å². The molecule has 1 aliphatic heterocycles. The Morgan fingerprint density at radius 2 is 1.42 bits per heavy atom.